The zero-order valence-corrected chi connectivity index (χ0v) is 12.8. The zero-order chi connectivity index (χ0) is 15.3. The van der Waals surface area contributed by atoms with Crippen LogP contribution in [0.15, 0.2) is 29.2 Å². The second-order valence-electron chi connectivity index (χ2n) is 5.02. The first-order valence-electron chi connectivity index (χ1n) is 6.59. The summed E-state index contributed by atoms with van der Waals surface area (Å²) in [4.78, 5) is 11.3. The lowest BCUT2D eigenvalue weighted by Crippen LogP contribution is -2.45. The molecule has 1 aromatic rings. The van der Waals surface area contributed by atoms with Crippen LogP contribution in [0.5, 0.6) is 0 Å². The Morgan fingerprint density at radius 2 is 1.85 bits per heavy atom. The third-order valence-corrected chi connectivity index (χ3v) is 4.65. The van der Waals surface area contributed by atoms with E-state index in [-0.39, 0.29) is 10.8 Å². The Hall–Kier alpha value is -1.40. The van der Waals surface area contributed by atoms with Crippen LogP contribution >= 0.6 is 0 Å². The molecule has 2 atom stereocenters. The van der Waals surface area contributed by atoms with E-state index in [9.17, 15) is 18.3 Å². The summed E-state index contributed by atoms with van der Waals surface area (Å²) in [6.07, 6.45) is 1.45. The van der Waals surface area contributed by atoms with E-state index in [0.29, 0.717) is 6.42 Å². The molecule has 6 heteroatoms. The van der Waals surface area contributed by atoms with Crippen LogP contribution in [0.3, 0.4) is 0 Å². The topological polar surface area (TPSA) is 83.5 Å². The van der Waals surface area contributed by atoms with Gasteiger partial charge < -0.3 is 5.11 Å². The number of hydrogen-bond acceptors (Lipinski definition) is 3. The normalized spacial score (nSPS) is 14.8. The predicted molar refractivity (Wildman–Crippen MR) is 77.0 cm³/mol. The molecule has 0 amide bonds. The van der Waals surface area contributed by atoms with Gasteiger partial charge in [0.15, 0.2) is 0 Å². The summed E-state index contributed by atoms with van der Waals surface area (Å²) in [5.74, 6) is -1.42. The van der Waals surface area contributed by atoms with Crippen LogP contribution < -0.4 is 4.72 Å². The Morgan fingerprint density at radius 1 is 1.30 bits per heavy atom. The van der Waals surface area contributed by atoms with E-state index in [2.05, 4.69) is 4.72 Å². The summed E-state index contributed by atoms with van der Waals surface area (Å²) < 4.78 is 26.7. The molecule has 0 fully saturated rings. The standard InChI is InChI=1S/C14H21NO4S/c1-4-5-11(3)13(14(16)17)15-20(18,19)12-8-6-10(2)7-9-12/h6-9,11,13,15H,4-5H2,1-3H3,(H,16,17). The van der Waals surface area contributed by atoms with Crippen LogP contribution in [-0.4, -0.2) is 25.5 Å². The molecule has 1 rings (SSSR count). The van der Waals surface area contributed by atoms with Crippen LogP contribution in [0.1, 0.15) is 32.3 Å². The van der Waals surface area contributed by atoms with Crippen molar-refractivity contribution in [2.45, 2.75) is 44.6 Å². The van der Waals surface area contributed by atoms with Crippen LogP contribution in [0.25, 0.3) is 0 Å². The van der Waals surface area contributed by atoms with Gasteiger partial charge in [-0.3, -0.25) is 4.79 Å². The molecule has 2 N–H and O–H groups in total. The van der Waals surface area contributed by atoms with E-state index in [1.54, 1.807) is 19.1 Å². The molecule has 0 aromatic heterocycles. The van der Waals surface area contributed by atoms with E-state index in [0.717, 1.165) is 12.0 Å². The summed E-state index contributed by atoms with van der Waals surface area (Å²) in [7, 11) is -3.82. The van der Waals surface area contributed by atoms with Crippen LogP contribution in [0.2, 0.25) is 0 Å². The van der Waals surface area contributed by atoms with Gasteiger partial charge >= 0.3 is 5.97 Å². The minimum absolute atomic E-state index is 0.0815. The molecule has 0 saturated carbocycles. The van der Waals surface area contributed by atoms with Gasteiger partial charge in [0.1, 0.15) is 6.04 Å². The maximum Gasteiger partial charge on any atom is 0.322 e. The molecule has 0 heterocycles. The highest BCUT2D eigenvalue weighted by atomic mass is 32.2. The predicted octanol–water partition coefficient (Wildman–Crippen LogP) is 2.16. The molecule has 0 spiro atoms. The molecule has 2 unspecified atom stereocenters. The summed E-state index contributed by atoms with van der Waals surface area (Å²) >= 11 is 0. The van der Waals surface area contributed by atoms with Crippen molar-refractivity contribution in [3.05, 3.63) is 29.8 Å². The SMILES string of the molecule is CCCC(C)C(NS(=O)(=O)c1ccc(C)cc1)C(=O)O. The molecule has 0 aliphatic rings. The number of aliphatic carboxylic acids is 1. The molecular formula is C14H21NO4S. The number of carboxylic acids is 1. The number of sulfonamides is 1. The van der Waals surface area contributed by atoms with E-state index in [1.807, 2.05) is 13.8 Å². The van der Waals surface area contributed by atoms with Gasteiger partial charge in [-0.15, -0.1) is 0 Å². The fourth-order valence-corrected chi connectivity index (χ4v) is 3.28. The third-order valence-electron chi connectivity index (χ3n) is 3.19. The molecule has 0 aliphatic carbocycles. The van der Waals surface area contributed by atoms with Crippen molar-refractivity contribution in [3.8, 4) is 0 Å². The molecule has 1 aromatic carbocycles. The fraction of sp³-hybridized carbons (Fsp3) is 0.500. The molecule has 20 heavy (non-hydrogen) atoms. The van der Waals surface area contributed by atoms with E-state index in [1.165, 1.54) is 12.1 Å². The summed E-state index contributed by atoms with van der Waals surface area (Å²) in [6, 6.07) is 5.20. The maximum atomic E-state index is 12.2. The highest BCUT2D eigenvalue weighted by Crippen LogP contribution is 2.16. The number of hydrogen-bond donors (Lipinski definition) is 2. The number of benzene rings is 1. The number of nitrogens with one attached hydrogen (secondary N) is 1. The van der Waals surface area contributed by atoms with Gasteiger partial charge in [0.2, 0.25) is 10.0 Å². The largest absolute Gasteiger partial charge is 0.480 e. The van der Waals surface area contributed by atoms with Gasteiger partial charge in [-0.25, -0.2) is 8.42 Å². The van der Waals surface area contributed by atoms with Gasteiger partial charge in [-0.2, -0.15) is 4.72 Å². The second-order valence-corrected chi connectivity index (χ2v) is 6.73. The Kier molecular flexibility index (Phi) is 5.71. The van der Waals surface area contributed by atoms with Crippen molar-refractivity contribution in [2.75, 3.05) is 0 Å². The Morgan fingerprint density at radius 3 is 2.30 bits per heavy atom. The van der Waals surface area contributed by atoms with E-state index >= 15 is 0 Å². The smallest absolute Gasteiger partial charge is 0.322 e. The lowest BCUT2D eigenvalue weighted by atomic mass is 9.98. The van der Waals surface area contributed by atoms with E-state index in [4.69, 9.17) is 0 Å². The average molecular weight is 299 g/mol. The molecule has 0 radical (unpaired) electrons. The van der Waals surface area contributed by atoms with Crippen molar-refractivity contribution in [1.29, 1.82) is 0 Å². The second kappa shape index (κ2) is 6.85. The lowest BCUT2D eigenvalue weighted by molar-refractivity contribution is -0.140. The van der Waals surface area contributed by atoms with Gasteiger partial charge in [0.25, 0.3) is 0 Å². The maximum absolute atomic E-state index is 12.2. The molecule has 0 saturated heterocycles. The van der Waals surface area contributed by atoms with Crippen molar-refractivity contribution in [3.63, 3.8) is 0 Å². The first-order valence-corrected chi connectivity index (χ1v) is 8.08. The Labute approximate surface area is 120 Å². The highest BCUT2D eigenvalue weighted by molar-refractivity contribution is 7.89. The first-order chi connectivity index (χ1) is 9.27. The number of rotatable bonds is 7. The van der Waals surface area contributed by atoms with Crippen molar-refractivity contribution in [1.82, 2.24) is 4.72 Å². The molecular weight excluding hydrogens is 278 g/mol. The molecule has 112 valence electrons. The monoisotopic (exact) mass is 299 g/mol. The minimum atomic E-state index is -3.82. The quantitative estimate of drug-likeness (QED) is 0.808. The van der Waals surface area contributed by atoms with Crippen LogP contribution in [0.4, 0.5) is 0 Å². The number of carbonyl (C=O) groups is 1. The molecule has 0 bridgehead atoms. The van der Waals surface area contributed by atoms with Crippen LogP contribution in [-0.2, 0) is 14.8 Å². The van der Waals surface area contributed by atoms with Crippen molar-refractivity contribution >= 4 is 16.0 Å². The van der Waals surface area contributed by atoms with Crippen molar-refractivity contribution < 1.29 is 18.3 Å². The highest BCUT2D eigenvalue weighted by Gasteiger charge is 2.29. The van der Waals surface area contributed by atoms with Crippen LogP contribution in [0, 0.1) is 12.8 Å². The van der Waals surface area contributed by atoms with Gasteiger partial charge in [-0.1, -0.05) is 38.0 Å². The van der Waals surface area contributed by atoms with E-state index < -0.39 is 22.0 Å². The zero-order valence-electron chi connectivity index (χ0n) is 12.0. The lowest BCUT2D eigenvalue weighted by Gasteiger charge is -2.21. The minimum Gasteiger partial charge on any atom is -0.480 e. The van der Waals surface area contributed by atoms with Gasteiger partial charge in [0, 0.05) is 0 Å². The number of carboxylic acid groups (broad SMARTS) is 1. The first kappa shape index (κ1) is 16.7. The average Bonchev–Trinajstić information content (AvgIpc) is 2.36. The summed E-state index contributed by atoms with van der Waals surface area (Å²) in [6.45, 7) is 5.52. The molecule has 5 nitrogen and oxygen atoms in total. The van der Waals surface area contributed by atoms with Crippen molar-refractivity contribution in [2.24, 2.45) is 5.92 Å². The van der Waals surface area contributed by atoms with Gasteiger partial charge in [0.05, 0.1) is 4.90 Å². The number of aryl methyl sites for hydroxylation is 1. The summed E-state index contributed by atoms with van der Waals surface area (Å²) in [5.41, 5.74) is 0.943. The third kappa shape index (κ3) is 4.31. The Bertz CT molecular complexity index is 551. The summed E-state index contributed by atoms with van der Waals surface area (Å²) in [5, 5.41) is 9.20. The fourth-order valence-electron chi connectivity index (χ4n) is 1.98. The Balaban J connectivity index is 2.97. The molecule has 0 aliphatic heterocycles. The van der Waals surface area contributed by atoms with Gasteiger partial charge in [-0.05, 0) is 31.4 Å².